The largest absolute Gasteiger partial charge is 0.480 e. The lowest BCUT2D eigenvalue weighted by atomic mass is 9.89. The summed E-state index contributed by atoms with van der Waals surface area (Å²) in [6.45, 7) is -0.377. The van der Waals surface area contributed by atoms with Crippen LogP contribution in [0.5, 0.6) is 0 Å². The minimum absolute atomic E-state index is 0.0553. The molecule has 22 heavy (non-hydrogen) atoms. The first-order valence-corrected chi connectivity index (χ1v) is 7.07. The summed E-state index contributed by atoms with van der Waals surface area (Å²) in [5.74, 6) is -3.10. The highest BCUT2D eigenvalue weighted by Gasteiger charge is 2.40. The van der Waals surface area contributed by atoms with E-state index in [4.69, 9.17) is 5.11 Å². The number of carbonyl (C=O) groups excluding carboxylic acids is 2. The van der Waals surface area contributed by atoms with Crippen molar-refractivity contribution >= 4 is 23.5 Å². The first-order chi connectivity index (χ1) is 10.5. The number of carboxylic acid groups (broad SMARTS) is 1. The molecule has 0 aromatic heterocycles. The zero-order chi connectivity index (χ0) is 15.9. The summed E-state index contributed by atoms with van der Waals surface area (Å²) in [4.78, 5) is 36.7. The minimum Gasteiger partial charge on any atom is -0.480 e. The molecule has 7 heteroatoms. The van der Waals surface area contributed by atoms with Crippen LogP contribution >= 0.6 is 0 Å². The summed E-state index contributed by atoms with van der Waals surface area (Å²) in [6, 6.07) is 3.80. The van der Waals surface area contributed by atoms with Crippen molar-refractivity contribution in [2.45, 2.75) is 31.2 Å². The van der Waals surface area contributed by atoms with Gasteiger partial charge in [0.1, 0.15) is 12.4 Å². The van der Waals surface area contributed by atoms with E-state index in [1.165, 1.54) is 23.1 Å². The second-order valence-electron chi connectivity index (χ2n) is 5.63. The van der Waals surface area contributed by atoms with Gasteiger partial charge < -0.3 is 15.3 Å². The van der Waals surface area contributed by atoms with Gasteiger partial charge in [-0.2, -0.15) is 0 Å². The SMILES string of the molecule is O=C(O)CN(C(=O)C1CC(=O)Nc2cc(F)ccc21)C1CC1. The Morgan fingerprint density at radius 1 is 1.36 bits per heavy atom. The molecule has 1 saturated carbocycles. The molecule has 2 aliphatic rings. The number of anilines is 1. The van der Waals surface area contributed by atoms with Crippen molar-refractivity contribution < 1.29 is 23.9 Å². The molecule has 2 amide bonds. The van der Waals surface area contributed by atoms with E-state index in [0.29, 0.717) is 5.56 Å². The van der Waals surface area contributed by atoms with E-state index in [0.717, 1.165) is 12.8 Å². The van der Waals surface area contributed by atoms with Crippen molar-refractivity contribution in [2.24, 2.45) is 0 Å². The monoisotopic (exact) mass is 306 g/mol. The fourth-order valence-corrected chi connectivity index (χ4v) is 2.78. The van der Waals surface area contributed by atoms with Crippen LogP contribution in [-0.4, -0.2) is 40.4 Å². The third kappa shape index (κ3) is 2.79. The van der Waals surface area contributed by atoms with E-state index in [2.05, 4.69) is 5.32 Å². The molecule has 0 spiro atoms. The molecule has 0 saturated heterocycles. The molecule has 0 bridgehead atoms. The summed E-state index contributed by atoms with van der Waals surface area (Å²) in [5.41, 5.74) is 0.808. The van der Waals surface area contributed by atoms with Crippen LogP contribution in [0.15, 0.2) is 18.2 Å². The molecule has 2 N–H and O–H groups in total. The van der Waals surface area contributed by atoms with Crippen LogP contribution < -0.4 is 5.32 Å². The highest BCUT2D eigenvalue weighted by Crippen LogP contribution is 2.36. The topological polar surface area (TPSA) is 86.7 Å². The van der Waals surface area contributed by atoms with Gasteiger partial charge in [-0.3, -0.25) is 14.4 Å². The van der Waals surface area contributed by atoms with Gasteiger partial charge in [0.15, 0.2) is 0 Å². The molecule has 1 aromatic carbocycles. The number of hydrogen-bond donors (Lipinski definition) is 2. The van der Waals surface area contributed by atoms with E-state index < -0.39 is 17.7 Å². The predicted molar refractivity (Wildman–Crippen MR) is 74.8 cm³/mol. The van der Waals surface area contributed by atoms with Gasteiger partial charge in [0.25, 0.3) is 0 Å². The number of nitrogens with one attached hydrogen (secondary N) is 1. The van der Waals surface area contributed by atoms with Crippen molar-refractivity contribution in [2.75, 3.05) is 11.9 Å². The van der Waals surface area contributed by atoms with Crippen molar-refractivity contribution in [1.82, 2.24) is 4.90 Å². The Kier molecular flexibility index (Phi) is 3.56. The lowest BCUT2D eigenvalue weighted by Crippen LogP contribution is -2.42. The third-order valence-electron chi connectivity index (χ3n) is 3.93. The molecule has 1 unspecified atom stereocenters. The molecule has 1 aliphatic heterocycles. The van der Waals surface area contributed by atoms with E-state index in [9.17, 15) is 18.8 Å². The number of nitrogens with zero attached hydrogens (tertiary/aromatic N) is 1. The van der Waals surface area contributed by atoms with Gasteiger partial charge >= 0.3 is 5.97 Å². The molecule has 0 radical (unpaired) electrons. The third-order valence-corrected chi connectivity index (χ3v) is 3.93. The normalized spacial score (nSPS) is 20.0. The molecule has 3 rings (SSSR count). The van der Waals surface area contributed by atoms with Gasteiger partial charge in [0.2, 0.25) is 11.8 Å². The second-order valence-corrected chi connectivity index (χ2v) is 5.63. The predicted octanol–water partition coefficient (Wildman–Crippen LogP) is 1.33. The van der Waals surface area contributed by atoms with Gasteiger partial charge in [-0.15, -0.1) is 0 Å². The number of benzene rings is 1. The summed E-state index contributed by atoms with van der Waals surface area (Å²) in [7, 11) is 0. The van der Waals surface area contributed by atoms with Gasteiger partial charge in [-0.1, -0.05) is 6.07 Å². The van der Waals surface area contributed by atoms with Crippen LogP contribution in [0.4, 0.5) is 10.1 Å². The number of aliphatic carboxylic acids is 1. The molecule has 1 heterocycles. The molecule has 1 atom stereocenters. The lowest BCUT2D eigenvalue weighted by Gasteiger charge is -2.30. The van der Waals surface area contributed by atoms with Gasteiger partial charge in [-0.05, 0) is 30.5 Å². The van der Waals surface area contributed by atoms with Crippen LogP contribution in [0.25, 0.3) is 0 Å². The van der Waals surface area contributed by atoms with E-state index in [1.807, 2.05) is 0 Å². The van der Waals surface area contributed by atoms with Gasteiger partial charge in [0, 0.05) is 18.2 Å². The Balaban J connectivity index is 1.91. The molecular weight excluding hydrogens is 291 g/mol. The highest BCUT2D eigenvalue weighted by molar-refractivity contribution is 6.01. The van der Waals surface area contributed by atoms with E-state index in [-0.39, 0.29) is 36.5 Å². The molecule has 1 aromatic rings. The van der Waals surface area contributed by atoms with E-state index >= 15 is 0 Å². The Labute approximate surface area is 125 Å². The van der Waals surface area contributed by atoms with Crippen molar-refractivity contribution in [1.29, 1.82) is 0 Å². The van der Waals surface area contributed by atoms with Gasteiger partial charge in [0.05, 0.1) is 5.92 Å². The van der Waals surface area contributed by atoms with Crippen molar-refractivity contribution in [3.63, 3.8) is 0 Å². The minimum atomic E-state index is -1.08. The summed E-state index contributed by atoms with van der Waals surface area (Å²) in [5, 5.41) is 11.5. The lowest BCUT2D eigenvalue weighted by molar-refractivity contribution is -0.146. The average Bonchev–Trinajstić information content (AvgIpc) is 3.27. The summed E-state index contributed by atoms with van der Waals surface area (Å²) >= 11 is 0. The Morgan fingerprint density at radius 2 is 2.09 bits per heavy atom. The maximum Gasteiger partial charge on any atom is 0.323 e. The zero-order valence-electron chi connectivity index (χ0n) is 11.7. The fraction of sp³-hybridized carbons (Fsp3) is 0.400. The van der Waals surface area contributed by atoms with E-state index in [1.54, 1.807) is 0 Å². The summed E-state index contributed by atoms with van der Waals surface area (Å²) in [6.07, 6.45) is 1.49. The summed E-state index contributed by atoms with van der Waals surface area (Å²) < 4.78 is 13.3. The number of carboxylic acids is 1. The van der Waals surface area contributed by atoms with Crippen LogP contribution in [0.1, 0.15) is 30.7 Å². The Hall–Kier alpha value is -2.44. The maximum absolute atomic E-state index is 13.3. The number of rotatable bonds is 4. The first kappa shape index (κ1) is 14.5. The first-order valence-electron chi connectivity index (χ1n) is 7.07. The quantitative estimate of drug-likeness (QED) is 0.878. The fourth-order valence-electron chi connectivity index (χ4n) is 2.78. The number of amides is 2. The smallest absolute Gasteiger partial charge is 0.323 e. The number of halogens is 1. The average molecular weight is 306 g/mol. The highest BCUT2D eigenvalue weighted by atomic mass is 19.1. The Bertz CT molecular complexity index is 657. The van der Waals surface area contributed by atoms with Crippen LogP contribution in [-0.2, 0) is 14.4 Å². The molecule has 6 nitrogen and oxygen atoms in total. The number of carbonyl (C=O) groups is 3. The van der Waals surface area contributed by atoms with Crippen molar-refractivity contribution in [3.8, 4) is 0 Å². The molecule has 1 aliphatic carbocycles. The number of hydrogen-bond acceptors (Lipinski definition) is 3. The molecule has 1 fully saturated rings. The van der Waals surface area contributed by atoms with Crippen LogP contribution in [0, 0.1) is 5.82 Å². The zero-order valence-corrected chi connectivity index (χ0v) is 11.7. The maximum atomic E-state index is 13.3. The van der Waals surface area contributed by atoms with Crippen LogP contribution in [0.3, 0.4) is 0 Å². The number of fused-ring (bicyclic) bond motifs is 1. The Morgan fingerprint density at radius 3 is 2.73 bits per heavy atom. The molecular formula is C15H15FN2O4. The van der Waals surface area contributed by atoms with Crippen molar-refractivity contribution in [3.05, 3.63) is 29.6 Å². The van der Waals surface area contributed by atoms with Crippen LogP contribution in [0.2, 0.25) is 0 Å². The van der Waals surface area contributed by atoms with Gasteiger partial charge in [-0.25, -0.2) is 4.39 Å². The standard InChI is InChI=1S/C15H15FN2O4/c16-8-1-4-10-11(6-13(19)17-12(10)5-8)15(22)18(7-14(20)21)9-2-3-9/h1,4-5,9,11H,2-3,6-7H2,(H,17,19)(H,20,21). The second kappa shape index (κ2) is 5.40. The molecule has 116 valence electrons.